The number of primary amides is 1. The van der Waals surface area contributed by atoms with Crippen LogP contribution < -0.4 is 16.2 Å². The van der Waals surface area contributed by atoms with Gasteiger partial charge in [-0.1, -0.05) is 26.0 Å². The lowest BCUT2D eigenvalue weighted by atomic mass is 10.0. The number of amides is 1. The minimum atomic E-state index is -0.582. The van der Waals surface area contributed by atoms with Crippen molar-refractivity contribution in [3.63, 3.8) is 0 Å². The summed E-state index contributed by atoms with van der Waals surface area (Å²) >= 11 is 0. The molecule has 0 saturated heterocycles. The average Bonchev–Trinajstić information content (AvgIpc) is 2.44. The molecule has 1 aromatic heterocycles. The highest BCUT2D eigenvalue weighted by atomic mass is 16.5. The minimum Gasteiger partial charge on any atom is -0.493 e. The van der Waals surface area contributed by atoms with Gasteiger partial charge in [0.1, 0.15) is 5.75 Å². The van der Waals surface area contributed by atoms with Crippen molar-refractivity contribution in [3.8, 4) is 17.0 Å². The van der Waals surface area contributed by atoms with Crippen LogP contribution in [-0.4, -0.2) is 22.5 Å². The van der Waals surface area contributed by atoms with Crippen molar-refractivity contribution in [1.82, 2.24) is 9.97 Å². The third-order valence-corrected chi connectivity index (χ3v) is 3.04. The van der Waals surface area contributed by atoms with Gasteiger partial charge in [0, 0.05) is 5.56 Å². The summed E-state index contributed by atoms with van der Waals surface area (Å²) in [6, 6.07) is 7.34. The van der Waals surface area contributed by atoms with Crippen molar-refractivity contribution in [2.45, 2.75) is 20.8 Å². The van der Waals surface area contributed by atoms with Gasteiger partial charge in [0.25, 0.3) is 5.91 Å². The molecular weight excluding hydrogens is 280 g/mol. The Hall–Kier alpha value is -2.63. The number of anilines is 1. The summed E-state index contributed by atoms with van der Waals surface area (Å²) in [6.45, 7) is 6.44. The summed E-state index contributed by atoms with van der Waals surface area (Å²) in [5, 5.41) is 0. The Labute approximate surface area is 129 Å². The van der Waals surface area contributed by atoms with E-state index >= 15 is 0 Å². The summed E-state index contributed by atoms with van der Waals surface area (Å²) < 4.78 is 5.70. The van der Waals surface area contributed by atoms with Crippen LogP contribution >= 0.6 is 0 Å². The summed E-state index contributed by atoms with van der Waals surface area (Å²) in [6.07, 6.45) is 0. The summed E-state index contributed by atoms with van der Waals surface area (Å²) in [4.78, 5) is 19.9. The number of benzene rings is 1. The molecule has 0 unspecified atom stereocenters. The number of nitrogen functional groups attached to an aromatic ring is 1. The van der Waals surface area contributed by atoms with Crippen LogP contribution in [0.25, 0.3) is 11.3 Å². The van der Waals surface area contributed by atoms with Crippen molar-refractivity contribution in [2.75, 3.05) is 12.3 Å². The van der Waals surface area contributed by atoms with E-state index in [0.717, 1.165) is 0 Å². The number of nitrogens with two attached hydrogens (primary N) is 2. The summed E-state index contributed by atoms with van der Waals surface area (Å²) in [7, 11) is 0. The lowest BCUT2D eigenvalue weighted by molar-refractivity contribution is 0.0999. The van der Waals surface area contributed by atoms with E-state index < -0.39 is 5.91 Å². The van der Waals surface area contributed by atoms with Gasteiger partial charge < -0.3 is 16.2 Å². The number of hydrogen-bond acceptors (Lipinski definition) is 5. The molecule has 2 rings (SSSR count). The molecule has 0 aliphatic heterocycles. The number of nitrogens with zero attached hydrogens (tertiary/aromatic N) is 2. The topological polar surface area (TPSA) is 104 Å². The van der Waals surface area contributed by atoms with E-state index in [9.17, 15) is 4.79 Å². The minimum absolute atomic E-state index is 0.103. The van der Waals surface area contributed by atoms with Gasteiger partial charge in [0.15, 0.2) is 0 Å². The fourth-order valence-corrected chi connectivity index (χ4v) is 2.09. The Bertz CT molecular complexity index is 699. The van der Waals surface area contributed by atoms with Crippen LogP contribution in [-0.2, 0) is 0 Å². The maximum absolute atomic E-state index is 11.7. The Morgan fingerprint density at radius 2 is 2.05 bits per heavy atom. The van der Waals surface area contributed by atoms with Crippen molar-refractivity contribution < 1.29 is 9.53 Å². The second-order valence-corrected chi connectivity index (χ2v) is 5.49. The second kappa shape index (κ2) is 6.43. The lowest BCUT2D eigenvalue weighted by Crippen LogP contribution is -2.17. The average molecular weight is 300 g/mol. The highest BCUT2D eigenvalue weighted by Gasteiger charge is 2.17. The Balaban J connectivity index is 2.48. The molecule has 0 radical (unpaired) electrons. The van der Waals surface area contributed by atoms with E-state index in [1.807, 2.05) is 24.3 Å². The van der Waals surface area contributed by atoms with Crippen LogP contribution in [0, 0.1) is 12.8 Å². The highest BCUT2D eigenvalue weighted by Crippen LogP contribution is 2.27. The van der Waals surface area contributed by atoms with Crippen molar-refractivity contribution in [3.05, 3.63) is 35.5 Å². The molecule has 0 aliphatic rings. The summed E-state index contributed by atoms with van der Waals surface area (Å²) in [5.41, 5.74) is 13.0. The molecule has 4 N–H and O–H groups in total. The molecule has 6 nitrogen and oxygen atoms in total. The first-order valence-electron chi connectivity index (χ1n) is 7.05. The maximum Gasteiger partial charge on any atom is 0.252 e. The SMILES string of the molecule is Cc1nc(N)nc(-c2cccc(OCC(C)C)c2)c1C(N)=O. The van der Waals surface area contributed by atoms with E-state index in [1.54, 1.807) is 6.92 Å². The maximum atomic E-state index is 11.7. The van der Waals surface area contributed by atoms with Gasteiger partial charge in [-0.2, -0.15) is 0 Å². The van der Waals surface area contributed by atoms with E-state index in [-0.39, 0.29) is 11.5 Å². The smallest absolute Gasteiger partial charge is 0.252 e. The predicted molar refractivity (Wildman–Crippen MR) is 85.5 cm³/mol. The molecule has 1 heterocycles. The Morgan fingerprint density at radius 1 is 1.32 bits per heavy atom. The van der Waals surface area contributed by atoms with Crippen LogP contribution in [0.3, 0.4) is 0 Å². The molecule has 0 fully saturated rings. The number of aromatic nitrogens is 2. The normalized spacial score (nSPS) is 10.7. The van der Waals surface area contributed by atoms with Crippen molar-refractivity contribution in [2.24, 2.45) is 11.7 Å². The number of aryl methyl sites for hydroxylation is 1. The van der Waals surface area contributed by atoms with Gasteiger partial charge in [-0.05, 0) is 25.0 Å². The molecule has 1 amide bonds. The van der Waals surface area contributed by atoms with E-state index in [1.165, 1.54) is 0 Å². The third-order valence-electron chi connectivity index (χ3n) is 3.04. The predicted octanol–water partition coefficient (Wildman–Crippen LogP) is 2.17. The van der Waals surface area contributed by atoms with Crippen molar-refractivity contribution in [1.29, 1.82) is 0 Å². The molecule has 6 heteroatoms. The van der Waals surface area contributed by atoms with Gasteiger partial charge in [-0.3, -0.25) is 4.79 Å². The third kappa shape index (κ3) is 3.52. The lowest BCUT2D eigenvalue weighted by Gasteiger charge is -2.12. The number of hydrogen-bond donors (Lipinski definition) is 2. The molecule has 1 aromatic carbocycles. The standard InChI is InChI=1S/C16H20N4O2/c1-9(2)8-22-12-6-4-5-11(7-12)14-13(15(17)21)10(3)19-16(18)20-14/h4-7,9H,8H2,1-3H3,(H2,17,21)(H2,18,19,20). The van der Waals surface area contributed by atoms with E-state index in [0.29, 0.717) is 35.2 Å². The molecule has 116 valence electrons. The van der Waals surface area contributed by atoms with Crippen LogP contribution in [0.15, 0.2) is 24.3 Å². The quantitative estimate of drug-likeness (QED) is 0.880. The first kappa shape index (κ1) is 15.8. The van der Waals surface area contributed by atoms with Gasteiger partial charge in [-0.25, -0.2) is 9.97 Å². The van der Waals surface area contributed by atoms with Gasteiger partial charge in [0.2, 0.25) is 5.95 Å². The molecule has 0 spiro atoms. The van der Waals surface area contributed by atoms with Gasteiger partial charge in [-0.15, -0.1) is 0 Å². The van der Waals surface area contributed by atoms with Crippen LogP contribution in [0.2, 0.25) is 0 Å². The monoisotopic (exact) mass is 300 g/mol. The zero-order valence-electron chi connectivity index (χ0n) is 13.0. The molecular formula is C16H20N4O2. The zero-order valence-corrected chi connectivity index (χ0v) is 13.0. The number of ether oxygens (including phenoxy) is 1. The number of carbonyl (C=O) groups excluding carboxylic acids is 1. The Morgan fingerprint density at radius 3 is 2.68 bits per heavy atom. The van der Waals surface area contributed by atoms with Crippen LogP contribution in [0.5, 0.6) is 5.75 Å². The first-order chi connectivity index (χ1) is 10.4. The highest BCUT2D eigenvalue weighted by molar-refractivity contribution is 6.00. The molecule has 0 saturated carbocycles. The number of carbonyl (C=O) groups is 1. The van der Waals surface area contributed by atoms with Gasteiger partial charge in [0.05, 0.1) is 23.6 Å². The fraction of sp³-hybridized carbons (Fsp3) is 0.312. The molecule has 2 aromatic rings. The molecule has 0 bridgehead atoms. The van der Waals surface area contributed by atoms with Gasteiger partial charge >= 0.3 is 0 Å². The molecule has 22 heavy (non-hydrogen) atoms. The molecule has 0 atom stereocenters. The first-order valence-corrected chi connectivity index (χ1v) is 7.05. The molecule has 0 aliphatic carbocycles. The van der Waals surface area contributed by atoms with E-state index in [2.05, 4.69) is 23.8 Å². The van der Waals surface area contributed by atoms with Crippen molar-refractivity contribution >= 4 is 11.9 Å². The largest absolute Gasteiger partial charge is 0.493 e. The summed E-state index contributed by atoms with van der Waals surface area (Å²) in [5.74, 6) is 0.644. The zero-order chi connectivity index (χ0) is 16.3. The second-order valence-electron chi connectivity index (χ2n) is 5.49. The Kier molecular flexibility index (Phi) is 4.60. The van der Waals surface area contributed by atoms with Crippen LogP contribution in [0.1, 0.15) is 29.9 Å². The fourth-order valence-electron chi connectivity index (χ4n) is 2.09. The number of rotatable bonds is 5. The van der Waals surface area contributed by atoms with Crippen LogP contribution in [0.4, 0.5) is 5.95 Å². The van der Waals surface area contributed by atoms with E-state index in [4.69, 9.17) is 16.2 Å².